The number of hydrogen-bond donors (Lipinski definition) is 2. The first kappa shape index (κ1) is 24.0. The van der Waals surface area contributed by atoms with Crippen LogP contribution < -0.4 is 0 Å². The summed E-state index contributed by atoms with van der Waals surface area (Å²) in [4.78, 5) is 18.6. The summed E-state index contributed by atoms with van der Waals surface area (Å²) in [5.41, 5.74) is 0.630. The SMILES string of the molecule is Cc1cc(C(F)(F)F)cc(O)c1-c1ccc2c([C@@H](C)O)n([C@@H]3CCC(=O)N(C(C)C)C3)nc2n1. The van der Waals surface area contributed by atoms with Crippen LogP contribution in [0, 0.1) is 6.92 Å². The number of likely N-dealkylation sites (tertiary alicyclic amines) is 1. The largest absolute Gasteiger partial charge is 0.507 e. The number of phenolic OH excluding ortho intramolecular Hbond substituents is 1. The standard InChI is InChI=1S/C24H27F3N4O3/c1-12(2)30-11-16(5-8-20(30)34)31-22(14(4)32)17-6-7-18(28-23(17)29-31)21-13(3)9-15(10-19(21)33)24(25,26)27/h6-7,9-10,12,14,16,32-33H,5,8,11H2,1-4H3/t14-,16-/m1/s1. The Morgan fingerprint density at radius 3 is 2.47 bits per heavy atom. The molecule has 1 fully saturated rings. The number of aliphatic hydroxyl groups excluding tert-OH is 1. The van der Waals surface area contributed by atoms with Gasteiger partial charge in [0.2, 0.25) is 5.91 Å². The quantitative estimate of drug-likeness (QED) is 0.567. The lowest BCUT2D eigenvalue weighted by Crippen LogP contribution is -2.45. The van der Waals surface area contributed by atoms with Gasteiger partial charge in [-0.25, -0.2) is 4.98 Å². The summed E-state index contributed by atoms with van der Waals surface area (Å²) < 4.78 is 41.0. The highest BCUT2D eigenvalue weighted by Gasteiger charge is 2.33. The summed E-state index contributed by atoms with van der Waals surface area (Å²) >= 11 is 0. The minimum atomic E-state index is -4.58. The van der Waals surface area contributed by atoms with Gasteiger partial charge in [0, 0.05) is 30.0 Å². The van der Waals surface area contributed by atoms with Crippen LogP contribution in [0.15, 0.2) is 24.3 Å². The van der Waals surface area contributed by atoms with Crippen molar-refractivity contribution in [2.24, 2.45) is 0 Å². The van der Waals surface area contributed by atoms with Gasteiger partial charge in [-0.2, -0.15) is 18.3 Å². The Morgan fingerprint density at radius 1 is 1.18 bits per heavy atom. The fourth-order valence-corrected chi connectivity index (χ4v) is 4.66. The van der Waals surface area contributed by atoms with Crippen LogP contribution in [0.4, 0.5) is 13.2 Å². The lowest BCUT2D eigenvalue weighted by molar-refractivity contribution is -0.138. The minimum Gasteiger partial charge on any atom is -0.507 e. The van der Waals surface area contributed by atoms with Crippen molar-refractivity contribution in [3.8, 4) is 17.0 Å². The first-order chi connectivity index (χ1) is 15.9. The van der Waals surface area contributed by atoms with E-state index in [4.69, 9.17) is 0 Å². The highest BCUT2D eigenvalue weighted by atomic mass is 19.4. The maximum atomic E-state index is 13.1. The van der Waals surface area contributed by atoms with Gasteiger partial charge in [-0.3, -0.25) is 9.48 Å². The Hall–Kier alpha value is -3.14. The molecule has 3 aromatic rings. The molecule has 3 heterocycles. The van der Waals surface area contributed by atoms with Gasteiger partial charge in [0.15, 0.2) is 5.65 Å². The third-order valence-electron chi connectivity index (χ3n) is 6.28. The third kappa shape index (κ3) is 4.22. The first-order valence-electron chi connectivity index (χ1n) is 11.2. The molecule has 4 rings (SSSR count). The summed E-state index contributed by atoms with van der Waals surface area (Å²) in [6.45, 7) is 7.45. The molecule has 2 N–H and O–H groups in total. The van der Waals surface area contributed by atoms with Crippen LogP contribution in [0.5, 0.6) is 5.75 Å². The molecule has 1 saturated heterocycles. The topological polar surface area (TPSA) is 91.5 Å². The van der Waals surface area contributed by atoms with Crippen molar-refractivity contribution in [2.75, 3.05) is 6.54 Å². The van der Waals surface area contributed by atoms with E-state index in [1.807, 2.05) is 13.8 Å². The number of aliphatic hydroxyl groups is 1. The number of halogens is 3. The van der Waals surface area contributed by atoms with E-state index in [1.165, 1.54) is 6.92 Å². The lowest BCUT2D eigenvalue weighted by atomic mass is 9.99. The average Bonchev–Trinajstić information content (AvgIpc) is 3.11. The molecule has 0 aliphatic carbocycles. The van der Waals surface area contributed by atoms with Crippen molar-refractivity contribution in [1.29, 1.82) is 0 Å². The van der Waals surface area contributed by atoms with Crippen molar-refractivity contribution < 1.29 is 28.2 Å². The summed E-state index contributed by atoms with van der Waals surface area (Å²) in [5, 5.41) is 26.1. The summed E-state index contributed by atoms with van der Waals surface area (Å²) in [7, 11) is 0. The maximum Gasteiger partial charge on any atom is 0.416 e. The van der Waals surface area contributed by atoms with Crippen molar-refractivity contribution in [3.63, 3.8) is 0 Å². The Balaban J connectivity index is 1.80. The molecule has 0 saturated carbocycles. The summed E-state index contributed by atoms with van der Waals surface area (Å²) in [6.07, 6.45) is -4.49. The minimum absolute atomic E-state index is 0.0330. The number of nitrogens with zero attached hydrogens (tertiary/aromatic N) is 4. The Kier molecular flexibility index (Phi) is 6.05. The number of piperidine rings is 1. The zero-order valence-corrected chi connectivity index (χ0v) is 19.4. The van der Waals surface area contributed by atoms with E-state index >= 15 is 0 Å². The van der Waals surface area contributed by atoms with Crippen molar-refractivity contribution in [3.05, 3.63) is 41.1 Å². The molecule has 1 aliphatic heterocycles. The van der Waals surface area contributed by atoms with Crippen LogP contribution in [0.3, 0.4) is 0 Å². The molecule has 10 heteroatoms. The number of aromatic hydroxyl groups is 1. The Bertz CT molecular complexity index is 1230. The number of amides is 1. The normalized spacial score (nSPS) is 18.2. The van der Waals surface area contributed by atoms with Crippen molar-refractivity contribution in [1.82, 2.24) is 19.7 Å². The fraction of sp³-hybridized carbons (Fsp3) is 0.458. The molecule has 1 aliphatic rings. The summed E-state index contributed by atoms with van der Waals surface area (Å²) in [5.74, 6) is -0.442. The van der Waals surface area contributed by atoms with Crippen LogP contribution in [-0.4, -0.2) is 48.4 Å². The van der Waals surface area contributed by atoms with E-state index in [9.17, 15) is 28.2 Å². The van der Waals surface area contributed by atoms with E-state index in [0.29, 0.717) is 42.2 Å². The number of pyridine rings is 1. The zero-order chi connectivity index (χ0) is 24.9. The van der Waals surface area contributed by atoms with Gasteiger partial charge in [0.1, 0.15) is 5.75 Å². The molecule has 0 spiro atoms. The predicted octanol–water partition coefficient (Wildman–Crippen LogP) is 4.76. The van der Waals surface area contributed by atoms with Gasteiger partial charge in [-0.05, 0) is 63.9 Å². The Morgan fingerprint density at radius 2 is 1.88 bits per heavy atom. The number of hydrogen-bond acceptors (Lipinski definition) is 5. The highest BCUT2D eigenvalue weighted by Crippen LogP contribution is 2.39. The number of alkyl halides is 3. The number of aromatic nitrogens is 3. The van der Waals surface area contributed by atoms with Crippen LogP contribution in [0.2, 0.25) is 0 Å². The van der Waals surface area contributed by atoms with Crippen LogP contribution in [-0.2, 0) is 11.0 Å². The zero-order valence-electron chi connectivity index (χ0n) is 19.4. The van der Waals surface area contributed by atoms with Gasteiger partial charge >= 0.3 is 6.18 Å². The summed E-state index contributed by atoms with van der Waals surface area (Å²) in [6, 6.07) is 4.84. The third-order valence-corrected chi connectivity index (χ3v) is 6.28. The molecule has 2 atom stereocenters. The van der Waals surface area contributed by atoms with Gasteiger partial charge in [-0.1, -0.05) is 0 Å². The molecule has 1 amide bonds. The maximum absolute atomic E-state index is 13.1. The fourth-order valence-electron chi connectivity index (χ4n) is 4.66. The van der Waals surface area contributed by atoms with Crippen LogP contribution in [0.25, 0.3) is 22.3 Å². The molecular weight excluding hydrogens is 449 g/mol. The van der Waals surface area contributed by atoms with Crippen molar-refractivity contribution in [2.45, 2.75) is 64.9 Å². The lowest BCUT2D eigenvalue weighted by Gasteiger charge is -2.36. The monoisotopic (exact) mass is 476 g/mol. The van der Waals surface area contributed by atoms with Gasteiger partial charge in [0.05, 0.1) is 29.1 Å². The highest BCUT2D eigenvalue weighted by molar-refractivity contribution is 5.83. The van der Waals surface area contributed by atoms with E-state index < -0.39 is 23.6 Å². The second-order valence-electron chi connectivity index (χ2n) is 9.09. The molecule has 0 bridgehead atoms. The van der Waals surface area contributed by atoms with Crippen molar-refractivity contribution >= 4 is 16.9 Å². The predicted molar refractivity (Wildman–Crippen MR) is 120 cm³/mol. The second-order valence-corrected chi connectivity index (χ2v) is 9.09. The van der Waals surface area contributed by atoms with E-state index in [1.54, 1.807) is 28.6 Å². The van der Waals surface area contributed by atoms with Gasteiger partial charge in [-0.15, -0.1) is 0 Å². The molecule has 182 valence electrons. The molecular formula is C24H27F3N4O3. The van der Waals surface area contributed by atoms with E-state index in [2.05, 4.69) is 10.1 Å². The molecule has 2 aromatic heterocycles. The number of aryl methyl sites for hydroxylation is 1. The van der Waals surface area contributed by atoms with E-state index in [0.717, 1.165) is 6.07 Å². The van der Waals surface area contributed by atoms with Gasteiger partial charge in [0.25, 0.3) is 0 Å². The average molecular weight is 476 g/mol. The number of rotatable bonds is 4. The first-order valence-corrected chi connectivity index (χ1v) is 11.2. The molecule has 34 heavy (non-hydrogen) atoms. The molecule has 1 aromatic carbocycles. The van der Waals surface area contributed by atoms with Crippen LogP contribution >= 0.6 is 0 Å². The molecule has 0 radical (unpaired) electrons. The number of fused-ring (bicyclic) bond motifs is 1. The molecule has 7 nitrogen and oxygen atoms in total. The van der Waals surface area contributed by atoms with Gasteiger partial charge < -0.3 is 15.1 Å². The number of carbonyl (C=O) groups excluding carboxylic acids is 1. The number of benzene rings is 1. The number of carbonyl (C=O) groups is 1. The Labute approximate surface area is 194 Å². The second kappa shape index (κ2) is 8.57. The smallest absolute Gasteiger partial charge is 0.416 e. The van der Waals surface area contributed by atoms with Crippen LogP contribution in [0.1, 0.15) is 62.6 Å². The van der Waals surface area contributed by atoms with E-state index in [-0.39, 0.29) is 34.8 Å². The molecule has 0 unspecified atom stereocenters. The number of phenols is 1.